The predicted molar refractivity (Wildman–Crippen MR) is 58.4 cm³/mol. The number of carbonyl (C=O) groups excluding carboxylic acids is 1. The van der Waals surface area contributed by atoms with Crippen LogP contribution in [0.15, 0.2) is 18.2 Å². The molecule has 0 unspecified atom stereocenters. The maximum Gasteiger partial charge on any atom is 0.256 e. The van der Waals surface area contributed by atoms with E-state index in [0.29, 0.717) is 5.56 Å². The van der Waals surface area contributed by atoms with Gasteiger partial charge in [-0.3, -0.25) is 4.79 Å². The van der Waals surface area contributed by atoms with E-state index < -0.39 is 5.82 Å². The summed E-state index contributed by atoms with van der Waals surface area (Å²) in [6.45, 7) is 5.44. The van der Waals surface area contributed by atoms with Gasteiger partial charge >= 0.3 is 0 Å². The molecule has 0 aliphatic heterocycles. The van der Waals surface area contributed by atoms with E-state index in [-0.39, 0.29) is 17.5 Å². The van der Waals surface area contributed by atoms with Crippen LogP contribution in [0.25, 0.3) is 0 Å². The first-order chi connectivity index (χ1) is 6.95. The summed E-state index contributed by atoms with van der Waals surface area (Å²) in [5.41, 5.74) is 0.643. The fourth-order valence-corrected chi connectivity index (χ4v) is 1.24. The number of nitrogens with zero attached hydrogens (tertiary/aromatic N) is 1. The van der Waals surface area contributed by atoms with Crippen molar-refractivity contribution in [1.29, 1.82) is 0 Å². The van der Waals surface area contributed by atoms with Gasteiger partial charge in [-0.15, -0.1) is 0 Å². The molecule has 0 atom stereocenters. The molecule has 0 radical (unpaired) electrons. The first kappa shape index (κ1) is 11.7. The first-order valence-corrected chi connectivity index (χ1v) is 4.97. The van der Waals surface area contributed by atoms with Gasteiger partial charge in [0.2, 0.25) is 0 Å². The largest absolute Gasteiger partial charge is 0.339 e. The highest BCUT2D eigenvalue weighted by atomic mass is 19.1. The van der Waals surface area contributed by atoms with Crippen LogP contribution in [0.3, 0.4) is 0 Å². The van der Waals surface area contributed by atoms with Crippen LogP contribution in [-0.4, -0.2) is 23.9 Å². The highest BCUT2D eigenvalue weighted by Gasteiger charge is 2.18. The number of rotatable bonds is 2. The van der Waals surface area contributed by atoms with Crippen molar-refractivity contribution in [3.8, 4) is 0 Å². The molecular formula is C12H16FNO. The third-order valence-corrected chi connectivity index (χ3v) is 2.52. The summed E-state index contributed by atoms with van der Waals surface area (Å²) in [6.07, 6.45) is 0. The van der Waals surface area contributed by atoms with Gasteiger partial charge in [0, 0.05) is 13.1 Å². The average molecular weight is 209 g/mol. The minimum atomic E-state index is -0.421. The van der Waals surface area contributed by atoms with E-state index in [1.807, 2.05) is 13.8 Å². The zero-order valence-electron chi connectivity index (χ0n) is 9.54. The topological polar surface area (TPSA) is 20.3 Å². The summed E-state index contributed by atoms with van der Waals surface area (Å²) in [5.74, 6) is -0.693. The van der Waals surface area contributed by atoms with Crippen molar-refractivity contribution < 1.29 is 9.18 Å². The van der Waals surface area contributed by atoms with Gasteiger partial charge in [0.25, 0.3) is 5.91 Å². The lowest BCUT2D eigenvalue weighted by molar-refractivity contribution is 0.0750. The number of amides is 1. The van der Waals surface area contributed by atoms with Crippen molar-refractivity contribution in [3.63, 3.8) is 0 Å². The van der Waals surface area contributed by atoms with E-state index in [2.05, 4.69) is 0 Å². The second-order valence-corrected chi connectivity index (χ2v) is 3.95. The lowest BCUT2D eigenvalue weighted by atomic mass is 10.1. The Bertz CT molecular complexity index is 374. The second kappa shape index (κ2) is 4.43. The van der Waals surface area contributed by atoms with Gasteiger partial charge in [0.15, 0.2) is 0 Å². The third-order valence-electron chi connectivity index (χ3n) is 2.52. The molecule has 0 heterocycles. The normalized spacial score (nSPS) is 10.5. The maximum absolute atomic E-state index is 13.6. The first-order valence-electron chi connectivity index (χ1n) is 4.97. The Morgan fingerprint density at radius 1 is 1.40 bits per heavy atom. The van der Waals surface area contributed by atoms with Crippen LogP contribution >= 0.6 is 0 Å². The Balaban J connectivity index is 3.07. The molecule has 15 heavy (non-hydrogen) atoms. The standard InChI is InChI=1S/C12H16FNO/c1-8(2)14(4)12(15)10-7-5-6-9(3)11(10)13/h5-8H,1-4H3. The Morgan fingerprint density at radius 2 is 2.00 bits per heavy atom. The van der Waals surface area contributed by atoms with Crippen LogP contribution < -0.4 is 0 Å². The Hall–Kier alpha value is -1.38. The van der Waals surface area contributed by atoms with Gasteiger partial charge in [-0.05, 0) is 32.4 Å². The van der Waals surface area contributed by atoms with E-state index in [1.54, 1.807) is 26.1 Å². The molecule has 82 valence electrons. The minimum absolute atomic E-state index is 0.0670. The van der Waals surface area contributed by atoms with Gasteiger partial charge in [0.05, 0.1) is 5.56 Å². The van der Waals surface area contributed by atoms with Crippen LogP contribution in [0.1, 0.15) is 29.8 Å². The SMILES string of the molecule is Cc1cccc(C(=O)N(C)C(C)C)c1F. The van der Waals surface area contributed by atoms with Gasteiger partial charge in [-0.1, -0.05) is 12.1 Å². The molecule has 0 spiro atoms. The van der Waals surface area contributed by atoms with Gasteiger partial charge < -0.3 is 4.90 Å². The van der Waals surface area contributed by atoms with E-state index in [0.717, 1.165) is 0 Å². The van der Waals surface area contributed by atoms with Gasteiger partial charge in [-0.25, -0.2) is 4.39 Å². The summed E-state index contributed by atoms with van der Waals surface area (Å²) < 4.78 is 13.6. The average Bonchev–Trinajstić information content (AvgIpc) is 2.20. The molecule has 1 aromatic carbocycles. The summed E-state index contributed by atoms with van der Waals surface area (Å²) in [6, 6.07) is 4.93. The molecule has 0 aliphatic rings. The molecule has 0 N–H and O–H groups in total. The molecule has 3 heteroatoms. The van der Waals surface area contributed by atoms with E-state index in [4.69, 9.17) is 0 Å². The molecule has 0 bridgehead atoms. The smallest absolute Gasteiger partial charge is 0.256 e. The van der Waals surface area contributed by atoms with Crippen LogP contribution in [0.5, 0.6) is 0 Å². The Morgan fingerprint density at radius 3 is 2.53 bits per heavy atom. The highest BCUT2D eigenvalue weighted by Crippen LogP contribution is 2.14. The van der Waals surface area contributed by atoms with Crippen molar-refractivity contribution in [1.82, 2.24) is 4.90 Å². The Kier molecular flexibility index (Phi) is 3.45. The molecular weight excluding hydrogens is 193 g/mol. The molecule has 0 saturated heterocycles. The van der Waals surface area contributed by atoms with Crippen LogP contribution in [0.4, 0.5) is 4.39 Å². The van der Waals surface area contributed by atoms with E-state index in [1.165, 1.54) is 11.0 Å². The quantitative estimate of drug-likeness (QED) is 0.733. The van der Waals surface area contributed by atoms with E-state index in [9.17, 15) is 9.18 Å². The molecule has 1 rings (SSSR count). The second-order valence-electron chi connectivity index (χ2n) is 3.95. The summed E-state index contributed by atoms with van der Waals surface area (Å²) in [4.78, 5) is 13.4. The molecule has 1 aromatic rings. The number of benzene rings is 1. The third kappa shape index (κ3) is 2.35. The van der Waals surface area contributed by atoms with Crippen molar-refractivity contribution >= 4 is 5.91 Å². The fourth-order valence-electron chi connectivity index (χ4n) is 1.24. The molecule has 0 aliphatic carbocycles. The van der Waals surface area contributed by atoms with Crippen LogP contribution in [0.2, 0.25) is 0 Å². The highest BCUT2D eigenvalue weighted by molar-refractivity contribution is 5.94. The molecule has 0 aromatic heterocycles. The van der Waals surface area contributed by atoms with Gasteiger partial charge in [0.1, 0.15) is 5.82 Å². The van der Waals surface area contributed by atoms with Gasteiger partial charge in [-0.2, -0.15) is 0 Å². The number of hydrogen-bond donors (Lipinski definition) is 0. The van der Waals surface area contributed by atoms with Crippen molar-refractivity contribution in [2.24, 2.45) is 0 Å². The van der Waals surface area contributed by atoms with Crippen LogP contribution in [-0.2, 0) is 0 Å². The monoisotopic (exact) mass is 209 g/mol. The predicted octanol–water partition coefficient (Wildman–Crippen LogP) is 2.61. The van der Waals surface area contributed by atoms with E-state index >= 15 is 0 Å². The maximum atomic E-state index is 13.6. The number of halogens is 1. The summed E-state index contributed by atoms with van der Waals surface area (Å²) in [7, 11) is 1.68. The van der Waals surface area contributed by atoms with Crippen molar-refractivity contribution in [2.45, 2.75) is 26.8 Å². The molecule has 0 fully saturated rings. The fraction of sp³-hybridized carbons (Fsp3) is 0.417. The Labute approximate surface area is 89.7 Å². The number of carbonyl (C=O) groups is 1. The number of hydrogen-bond acceptors (Lipinski definition) is 1. The van der Waals surface area contributed by atoms with Crippen molar-refractivity contribution in [2.75, 3.05) is 7.05 Å². The lowest BCUT2D eigenvalue weighted by Crippen LogP contribution is -2.33. The zero-order valence-corrected chi connectivity index (χ0v) is 9.54. The summed E-state index contributed by atoms with van der Waals surface area (Å²) in [5, 5.41) is 0. The zero-order chi connectivity index (χ0) is 11.6. The van der Waals surface area contributed by atoms with Crippen LogP contribution in [0, 0.1) is 12.7 Å². The lowest BCUT2D eigenvalue weighted by Gasteiger charge is -2.21. The molecule has 0 saturated carbocycles. The minimum Gasteiger partial charge on any atom is -0.339 e. The molecule has 1 amide bonds. The van der Waals surface area contributed by atoms with Crippen molar-refractivity contribution in [3.05, 3.63) is 35.1 Å². The molecule has 2 nitrogen and oxygen atoms in total. The number of aryl methyl sites for hydroxylation is 1. The summed E-state index contributed by atoms with van der Waals surface area (Å²) >= 11 is 0.